The molecular weight excluding hydrogens is 351 g/mol. The Labute approximate surface area is 156 Å². The van der Waals surface area contributed by atoms with Crippen molar-refractivity contribution >= 4 is 23.5 Å². The SMILES string of the molecule is CCSc1nc2n(n1)[C@H](c1ccccc1F)C1=C(CC(C)(C)CC1=O)N2. The Hall–Kier alpha value is -2.15. The highest BCUT2D eigenvalue weighted by molar-refractivity contribution is 7.99. The summed E-state index contributed by atoms with van der Waals surface area (Å²) < 4.78 is 16.3. The van der Waals surface area contributed by atoms with E-state index in [2.05, 4.69) is 29.2 Å². The number of thioether (sulfide) groups is 1. The summed E-state index contributed by atoms with van der Waals surface area (Å²) in [5, 5.41) is 8.48. The number of benzene rings is 1. The van der Waals surface area contributed by atoms with E-state index in [1.165, 1.54) is 17.8 Å². The van der Waals surface area contributed by atoms with Crippen molar-refractivity contribution in [3.63, 3.8) is 0 Å². The van der Waals surface area contributed by atoms with Crippen LogP contribution in [0.4, 0.5) is 10.3 Å². The molecule has 1 aliphatic carbocycles. The Bertz CT molecular complexity index is 918. The van der Waals surface area contributed by atoms with E-state index in [0.29, 0.717) is 28.7 Å². The summed E-state index contributed by atoms with van der Waals surface area (Å²) in [6.45, 7) is 6.18. The zero-order chi connectivity index (χ0) is 18.5. The van der Waals surface area contributed by atoms with Gasteiger partial charge in [-0.2, -0.15) is 4.98 Å². The van der Waals surface area contributed by atoms with Crippen LogP contribution in [0.5, 0.6) is 0 Å². The maximum absolute atomic E-state index is 14.6. The summed E-state index contributed by atoms with van der Waals surface area (Å²) in [6.07, 6.45) is 1.17. The molecule has 5 nitrogen and oxygen atoms in total. The summed E-state index contributed by atoms with van der Waals surface area (Å²) in [5.41, 5.74) is 1.77. The third-order valence-electron chi connectivity index (χ3n) is 4.79. The fourth-order valence-electron chi connectivity index (χ4n) is 3.76. The van der Waals surface area contributed by atoms with Gasteiger partial charge in [0.1, 0.15) is 11.9 Å². The van der Waals surface area contributed by atoms with E-state index >= 15 is 0 Å². The molecule has 0 unspecified atom stereocenters. The van der Waals surface area contributed by atoms with Crippen molar-refractivity contribution in [2.75, 3.05) is 11.1 Å². The lowest BCUT2D eigenvalue weighted by atomic mass is 9.73. The molecule has 0 bridgehead atoms. The minimum absolute atomic E-state index is 0.0443. The Morgan fingerprint density at radius 1 is 1.35 bits per heavy atom. The van der Waals surface area contributed by atoms with Gasteiger partial charge in [-0.15, -0.1) is 5.10 Å². The molecule has 0 radical (unpaired) electrons. The predicted molar refractivity (Wildman–Crippen MR) is 99.6 cm³/mol. The van der Waals surface area contributed by atoms with Gasteiger partial charge >= 0.3 is 0 Å². The molecule has 26 heavy (non-hydrogen) atoms. The van der Waals surface area contributed by atoms with Gasteiger partial charge in [0.2, 0.25) is 11.1 Å². The molecule has 0 saturated carbocycles. The van der Waals surface area contributed by atoms with Gasteiger partial charge in [-0.1, -0.05) is 50.7 Å². The fourth-order valence-corrected chi connectivity index (χ4v) is 4.32. The number of carbonyl (C=O) groups excluding carboxylic acids is 1. The number of anilines is 1. The lowest BCUT2D eigenvalue weighted by molar-refractivity contribution is -0.118. The van der Waals surface area contributed by atoms with E-state index in [4.69, 9.17) is 0 Å². The molecule has 0 saturated heterocycles. The first-order valence-corrected chi connectivity index (χ1v) is 9.75. The maximum atomic E-state index is 14.6. The molecule has 2 aromatic rings. The highest BCUT2D eigenvalue weighted by Gasteiger charge is 2.42. The van der Waals surface area contributed by atoms with Crippen LogP contribution in [0.1, 0.15) is 45.2 Å². The van der Waals surface area contributed by atoms with Crippen molar-refractivity contribution in [3.05, 3.63) is 46.9 Å². The molecule has 1 aromatic heterocycles. The Morgan fingerprint density at radius 2 is 2.12 bits per heavy atom. The molecular formula is C19H21FN4OS. The molecule has 0 spiro atoms. The molecule has 7 heteroatoms. The summed E-state index contributed by atoms with van der Waals surface area (Å²) in [7, 11) is 0. The first kappa shape index (κ1) is 17.3. The van der Waals surface area contributed by atoms with Crippen LogP contribution in [-0.4, -0.2) is 26.3 Å². The number of aromatic nitrogens is 3. The average molecular weight is 372 g/mol. The summed E-state index contributed by atoms with van der Waals surface area (Å²) >= 11 is 1.52. The van der Waals surface area contributed by atoms with Gasteiger partial charge < -0.3 is 5.32 Å². The second-order valence-corrected chi connectivity index (χ2v) is 8.71. The Morgan fingerprint density at radius 3 is 2.85 bits per heavy atom. The molecule has 2 heterocycles. The molecule has 4 rings (SSSR count). The standard InChI is InChI=1S/C19H21FN4OS/c1-4-26-18-22-17-21-13-9-19(2,3)10-14(25)15(13)16(24(17)23-18)11-7-5-6-8-12(11)20/h5-8,16H,4,9-10H2,1-3H3,(H,21,22,23)/t16-/m1/s1. The number of allylic oxidation sites excluding steroid dienone is 2. The highest BCUT2D eigenvalue weighted by atomic mass is 32.2. The van der Waals surface area contributed by atoms with Gasteiger partial charge in [0.05, 0.1) is 0 Å². The Balaban J connectivity index is 1.91. The van der Waals surface area contributed by atoms with E-state index in [0.717, 1.165) is 17.9 Å². The third kappa shape index (κ3) is 2.84. The number of fused-ring (bicyclic) bond motifs is 1. The summed E-state index contributed by atoms with van der Waals surface area (Å²) in [4.78, 5) is 17.5. The highest BCUT2D eigenvalue weighted by Crippen LogP contribution is 2.45. The van der Waals surface area contributed by atoms with E-state index in [9.17, 15) is 9.18 Å². The smallest absolute Gasteiger partial charge is 0.227 e. The van der Waals surface area contributed by atoms with Gasteiger partial charge in [-0.25, -0.2) is 9.07 Å². The zero-order valence-corrected chi connectivity index (χ0v) is 15.9. The lowest BCUT2D eigenvalue weighted by Gasteiger charge is -2.38. The first-order chi connectivity index (χ1) is 12.4. The first-order valence-electron chi connectivity index (χ1n) is 8.76. The number of hydrogen-bond donors (Lipinski definition) is 1. The van der Waals surface area contributed by atoms with E-state index in [1.54, 1.807) is 22.9 Å². The topological polar surface area (TPSA) is 59.8 Å². The Kier molecular flexibility index (Phi) is 4.14. The number of hydrogen-bond acceptors (Lipinski definition) is 5. The largest absolute Gasteiger partial charge is 0.328 e. The van der Waals surface area contributed by atoms with Crippen LogP contribution in [0.15, 0.2) is 40.7 Å². The monoisotopic (exact) mass is 372 g/mol. The average Bonchev–Trinajstić information content (AvgIpc) is 2.95. The maximum Gasteiger partial charge on any atom is 0.227 e. The van der Waals surface area contributed by atoms with Crippen molar-refractivity contribution in [1.29, 1.82) is 0 Å². The van der Waals surface area contributed by atoms with Crippen molar-refractivity contribution in [1.82, 2.24) is 14.8 Å². The fraction of sp³-hybridized carbons (Fsp3) is 0.421. The lowest BCUT2D eigenvalue weighted by Crippen LogP contribution is -2.36. The van der Waals surface area contributed by atoms with Crippen LogP contribution in [0, 0.1) is 11.2 Å². The predicted octanol–water partition coefficient (Wildman–Crippen LogP) is 4.19. The number of halogens is 1. The molecule has 1 atom stereocenters. The number of nitrogens with one attached hydrogen (secondary N) is 1. The summed E-state index contributed by atoms with van der Waals surface area (Å²) in [6, 6.07) is 6.01. The third-order valence-corrected chi connectivity index (χ3v) is 5.51. The van der Waals surface area contributed by atoms with E-state index < -0.39 is 6.04 Å². The number of Topliss-reactive ketones (excluding diaryl/α,β-unsaturated/α-hetero) is 1. The number of carbonyl (C=O) groups is 1. The molecule has 1 N–H and O–H groups in total. The molecule has 1 aliphatic heterocycles. The number of ketones is 1. The van der Waals surface area contributed by atoms with Crippen LogP contribution in [0.2, 0.25) is 0 Å². The van der Waals surface area contributed by atoms with E-state index in [-0.39, 0.29) is 17.0 Å². The summed E-state index contributed by atoms with van der Waals surface area (Å²) in [5.74, 6) is 1.11. The molecule has 0 amide bonds. The van der Waals surface area contributed by atoms with Gasteiger partial charge in [0, 0.05) is 23.3 Å². The molecule has 0 fully saturated rings. The van der Waals surface area contributed by atoms with Crippen LogP contribution < -0.4 is 5.32 Å². The van der Waals surface area contributed by atoms with Crippen molar-refractivity contribution in [2.24, 2.45) is 5.41 Å². The second-order valence-electron chi connectivity index (χ2n) is 7.48. The zero-order valence-electron chi connectivity index (χ0n) is 15.0. The van der Waals surface area contributed by atoms with Crippen LogP contribution in [-0.2, 0) is 4.79 Å². The minimum Gasteiger partial charge on any atom is -0.328 e. The van der Waals surface area contributed by atoms with Gasteiger partial charge in [0.15, 0.2) is 5.78 Å². The van der Waals surface area contributed by atoms with Crippen LogP contribution >= 0.6 is 11.8 Å². The van der Waals surface area contributed by atoms with E-state index in [1.807, 2.05) is 6.92 Å². The van der Waals surface area contributed by atoms with Crippen molar-refractivity contribution in [3.8, 4) is 0 Å². The van der Waals surface area contributed by atoms with Crippen molar-refractivity contribution < 1.29 is 9.18 Å². The molecule has 1 aromatic carbocycles. The van der Waals surface area contributed by atoms with Crippen LogP contribution in [0.3, 0.4) is 0 Å². The van der Waals surface area contributed by atoms with Crippen molar-refractivity contribution in [2.45, 2.75) is 44.8 Å². The quantitative estimate of drug-likeness (QED) is 0.819. The van der Waals surface area contributed by atoms with Crippen LogP contribution in [0.25, 0.3) is 0 Å². The second kappa shape index (κ2) is 6.23. The normalized spacial score (nSPS) is 21.2. The van der Waals surface area contributed by atoms with Gasteiger partial charge in [0.25, 0.3) is 0 Å². The number of nitrogens with zero attached hydrogens (tertiary/aromatic N) is 3. The minimum atomic E-state index is -0.579. The van der Waals surface area contributed by atoms with Gasteiger partial charge in [-0.3, -0.25) is 4.79 Å². The molecule has 2 aliphatic rings. The molecule has 136 valence electrons. The van der Waals surface area contributed by atoms with Gasteiger partial charge in [-0.05, 0) is 23.7 Å². The number of rotatable bonds is 3.